The lowest BCUT2D eigenvalue weighted by Crippen LogP contribution is -2.32. The minimum Gasteiger partial charge on any atom is -0.492 e. The van der Waals surface area contributed by atoms with Gasteiger partial charge in [0.05, 0.1) is 22.3 Å². The first kappa shape index (κ1) is 14.9. The molecule has 1 saturated heterocycles. The van der Waals surface area contributed by atoms with Gasteiger partial charge in [0.25, 0.3) is 0 Å². The summed E-state index contributed by atoms with van der Waals surface area (Å²) in [6.07, 6.45) is 0.946. The summed E-state index contributed by atoms with van der Waals surface area (Å²) in [5.74, 6) is 0.530. The van der Waals surface area contributed by atoms with Gasteiger partial charge in [-0.05, 0) is 32.8 Å². The van der Waals surface area contributed by atoms with Crippen molar-refractivity contribution in [2.75, 3.05) is 13.2 Å². The van der Waals surface area contributed by atoms with Crippen molar-refractivity contribution in [3.63, 3.8) is 0 Å². The van der Waals surface area contributed by atoms with E-state index in [9.17, 15) is 5.11 Å². The first-order valence-electron chi connectivity index (χ1n) is 6.41. The molecule has 1 aromatic rings. The molecule has 2 atom stereocenters. The van der Waals surface area contributed by atoms with E-state index < -0.39 is 11.7 Å². The van der Waals surface area contributed by atoms with Gasteiger partial charge < -0.3 is 14.6 Å². The fourth-order valence-corrected chi connectivity index (χ4v) is 2.85. The van der Waals surface area contributed by atoms with E-state index in [1.54, 1.807) is 12.1 Å². The maximum atomic E-state index is 10.5. The van der Waals surface area contributed by atoms with Crippen molar-refractivity contribution in [2.45, 2.75) is 38.4 Å². The van der Waals surface area contributed by atoms with Gasteiger partial charge in [-0.3, -0.25) is 0 Å². The van der Waals surface area contributed by atoms with Crippen LogP contribution in [0.1, 0.15) is 38.4 Å². The summed E-state index contributed by atoms with van der Waals surface area (Å²) < 4.78 is 11.0. The fourth-order valence-electron chi connectivity index (χ4n) is 2.36. The van der Waals surface area contributed by atoms with Crippen LogP contribution in [0.3, 0.4) is 0 Å². The average molecular weight is 305 g/mol. The van der Waals surface area contributed by atoms with Crippen LogP contribution in [0.4, 0.5) is 0 Å². The number of halogens is 2. The summed E-state index contributed by atoms with van der Waals surface area (Å²) >= 11 is 12.4. The summed E-state index contributed by atoms with van der Waals surface area (Å²) in [5.41, 5.74) is -0.0142. The van der Waals surface area contributed by atoms with E-state index in [0.717, 1.165) is 12.8 Å². The van der Waals surface area contributed by atoms with E-state index in [-0.39, 0.29) is 0 Å². The van der Waals surface area contributed by atoms with E-state index in [0.29, 0.717) is 34.6 Å². The van der Waals surface area contributed by atoms with Gasteiger partial charge in [0.15, 0.2) is 0 Å². The van der Waals surface area contributed by atoms with Gasteiger partial charge in [0.1, 0.15) is 11.9 Å². The highest BCUT2D eigenvalue weighted by Crippen LogP contribution is 2.42. The van der Waals surface area contributed by atoms with Crippen LogP contribution in [0.15, 0.2) is 12.1 Å². The van der Waals surface area contributed by atoms with Crippen molar-refractivity contribution in [1.29, 1.82) is 0 Å². The third-order valence-corrected chi connectivity index (χ3v) is 4.10. The standard InChI is InChI=1S/C14H18Cl2O3/c1-3-18-12-8-10(15)9(7-11(12)16)13(17)14(2)5-4-6-19-14/h7-8,13,17H,3-6H2,1-2H3. The van der Waals surface area contributed by atoms with E-state index in [4.69, 9.17) is 32.7 Å². The van der Waals surface area contributed by atoms with Gasteiger partial charge in [0.2, 0.25) is 0 Å². The molecule has 1 aliphatic rings. The molecule has 1 fully saturated rings. The Labute approximate surface area is 123 Å². The summed E-state index contributed by atoms with van der Waals surface area (Å²) in [6, 6.07) is 3.30. The lowest BCUT2D eigenvalue weighted by atomic mass is 9.90. The Kier molecular flexibility index (Phi) is 4.62. The lowest BCUT2D eigenvalue weighted by molar-refractivity contribution is -0.0795. The quantitative estimate of drug-likeness (QED) is 0.914. The third kappa shape index (κ3) is 3.00. The predicted octanol–water partition coefficient (Wildman–Crippen LogP) is 3.99. The minimum absolute atomic E-state index is 0.442. The van der Waals surface area contributed by atoms with Crippen LogP contribution in [-0.4, -0.2) is 23.9 Å². The largest absolute Gasteiger partial charge is 0.492 e. The fraction of sp³-hybridized carbons (Fsp3) is 0.571. The molecule has 1 aliphatic heterocycles. The zero-order valence-corrected chi connectivity index (χ0v) is 12.6. The number of aliphatic hydroxyl groups is 1. The van der Waals surface area contributed by atoms with Crippen molar-refractivity contribution < 1.29 is 14.6 Å². The molecular weight excluding hydrogens is 287 g/mol. The molecule has 0 bridgehead atoms. The molecule has 1 N–H and O–H groups in total. The molecule has 2 rings (SSSR count). The summed E-state index contributed by atoms with van der Waals surface area (Å²) in [5, 5.41) is 11.4. The highest BCUT2D eigenvalue weighted by Gasteiger charge is 2.39. The average Bonchev–Trinajstić information content (AvgIpc) is 2.81. The van der Waals surface area contributed by atoms with Gasteiger partial charge in [-0.25, -0.2) is 0 Å². The topological polar surface area (TPSA) is 38.7 Å². The molecule has 0 aromatic heterocycles. The number of rotatable bonds is 4. The predicted molar refractivity (Wildman–Crippen MR) is 76.2 cm³/mol. The highest BCUT2D eigenvalue weighted by molar-refractivity contribution is 6.34. The van der Waals surface area contributed by atoms with Crippen molar-refractivity contribution >= 4 is 23.2 Å². The van der Waals surface area contributed by atoms with Crippen LogP contribution in [0.2, 0.25) is 10.0 Å². The maximum Gasteiger partial charge on any atom is 0.139 e. The molecule has 1 aromatic carbocycles. The molecule has 0 spiro atoms. The monoisotopic (exact) mass is 304 g/mol. The van der Waals surface area contributed by atoms with E-state index in [1.165, 1.54) is 0 Å². The molecule has 1 heterocycles. The van der Waals surface area contributed by atoms with E-state index >= 15 is 0 Å². The Balaban J connectivity index is 2.32. The van der Waals surface area contributed by atoms with Crippen LogP contribution in [0, 0.1) is 0 Å². The van der Waals surface area contributed by atoms with Crippen molar-refractivity contribution in [2.24, 2.45) is 0 Å². The van der Waals surface area contributed by atoms with E-state index in [2.05, 4.69) is 0 Å². The summed E-state index contributed by atoms with van der Waals surface area (Å²) in [6.45, 7) is 4.94. The van der Waals surface area contributed by atoms with Crippen LogP contribution < -0.4 is 4.74 Å². The molecule has 0 radical (unpaired) electrons. The molecule has 3 nitrogen and oxygen atoms in total. The third-order valence-electron chi connectivity index (χ3n) is 3.47. The van der Waals surface area contributed by atoms with Crippen molar-refractivity contribution in [3.8, 4) is 5.75 Å². The minimum atomic E-state index is -0.796. The van der Waals surface area contributed by atoms with Crippen molar-refractivity contribution in [1.82, 2.24) is 0 Å². The van der Waals surface area contributed by atoms with Crippen LogP contribution in [-0.2, 0) is 4.74 Å². The van der Waals surface area contributed by atoms with Gasteiger partial charge in [-0.2, -0.15) is 0 Å². The van der Waals surface area contributed by atoms with Gasteiger partial charge in [0, 0.05) is 18.2 Å². The first-order valence-corrected chi connectivity index (χ1v) is 7.17. The highest BCUT2D eigenvalue weighted by atomic mass is 35.5. The van der Waals surface area contributed by atoms with Crippen molar-refractivity contribution in [3.05, 3.63) is 27.7 Å². The molecule has 0 aliphatic carbocycles. The number of hydrogen-bond acceptors (Lipinski definition) is 3. The SMILES string of the molecule is CCOc1cc(Cl)c(C(O)C2(C)CCCO2)cc1Cl. The molecule has 106 valence electrons. The number of benzene rings is 1. The van der Waals surface area contributed by atoms with Crippen LogP contribution in [0.5, 0.6) is 5.75 Å². The number of aliphatic hydroxyl groups excluding tert-OH is 1. The number of hydrogen-bond donors (Lipinski definition) is 1. The second-order valence-electron chi connectivity index (χ2n) is 4.90. The Morgan fingerprint density at radius 2 is 2.16 bits per heavy atom. The van der Waals surface area contributed by atoms with Gasteiger partial charge in [-0.15, -0.1) is 0 Å². The Bertz CT molecular complexity index is 456. The van der Waals surface area contributed by atoms with Crippen LogP contribution in [0.25, 0.3) is 0 Å². The Morgan fingerprint density at radius 1 is 1.42 bits per heavy atom. The lowest BCUT2D eigenvalue weighted by Gasteiger charge is -2.30. The second kappa shape index (κ2) is 5.88. The molecule has 5 heteroatoms. The Morgan fingerprint density at radius 3 is 2.74 bits per heavy atom. The molecule has 0 amide bonds. The van der Waals surface area contributed by atoms with E-state index in [1.807, 2.05) is 13.8 Å². The zero-order valence-electron chi connectivity index (χ0n) is 11.1. The molecular formula is C14H18Cl2O3. The second-order valence-corrected chi connectivity index (χ2v) is 5.72. The molecule has 2 unspecified atom stereocenters. The van der Waals surface area contributed by atoms with Gasteiger partial charge in [-0.1, -0.05) is 23.2 Å². The molecule has 0 saturated carbocycles. The summed E-state index contributed by atoms with van der Waals surface area (Å²) in [7, 11) is 0. The summed E-state index contributed by atoms with van der Waals surface area (Å²) in [4.78, 5) is 0. The molecule has 19 heavy (non-hydrogen) atoms. The normalized spacial score (nSPS) is 24.5. The van der Waals surface area contributed by atoms with Crippen LogP contribution >= 0.6 is 23.2 Å². The van der Waals surface area contributed by atoms with Gasteiger partial charge >= 0.3 is 0 Å². The first-order chi connectivity index (χ1) is 8.98. The zero-order chi connectivity index (χ0) is 14.0. The number of ether oxygens (including phenoxy) is 2. The smallest absolute Gasteiger partial charge is 0.139 e. The Hall–Kier alpha value is -0.480. The maximum absolute atomic E-state index is 10.5.